The van der Waals surface area contributed by atoms with Gasteiger partial charge in [0.1, 0.15) is 6.07 Å². The molecular formula is C14H19N3. The molecule has 1 aromatic rings. The highest BCUT2D eigenvalue weighted by Gasteiger charge is 2.12. The van der Waals surface area contributed by atoms with E-state index < -0.39 is 0 Å². The first-order chi connectivity index (χ1) is 8.40. The summed E-state index contributed by atoms with van der Waals surface area (Å²) in [4.78, 5) is 4.05. The van der Waals surface area contributed by atoms with E-state index in [0.29, 0.717) is 5.56 Å². The van der Waals surface area contributed by atoms with Gasteiger partial charge in [0.25, 0.3) is 0 Å². The maximum absolute atomic E-state index is 8.95. The van der Waals surface area contributed by atoms with Crippen molar-refractivity contribution in [1.29, 1.82) is 5.26 Å². The van der Waals surface area contributed by atoms with Crippen LogP contribution in [-0.4, -0.2) is 11.5 Å². The molecule has 1 aliphatic carbocycles. The SMILES string of the molecule is N#Cc1ccncc1NCCC1CCCCC1. The van der Waals surface area contributed by atoms with Gasteiger partial charge in [-0.25, -0.2) is 0 Å². The lowest BCUT2D eigenvalue weighted by Crippen LogP contribution is -2.12. The highest BCUT2D eigenvalue weighted by molar-refractivity contribution is 5.55. The monoisotopic (exact) mass is 229 g/mol. The zero-order chi connectivity index (χ0) is 11.9. The van der Waals surface area contributed by atoms with E-state index in [1.807, 2.05) is 0 Å². The van der Waals surface area contributed by atoms with E-state index >= 15 is 0 Å². The third-order valence-corrected chi connectivity index (χ3v) is 3.53. The molecule has 90 valence electrons. The quantitative estimate of drug-likeness (QED) is 0.861. The zero-order valence-electron chi connectivity index (χ0n) is 10.2. The lowest BCUT2D eigenvalue weighted by molar-refractivity contribution is 0.345. The van der Waals surface area contributed by atoms with Gasteiger partial charge in [0.2, 0.25) is 0 Å². The fourth-order valence-electron chi connectivity index (χ4n) is 2.52. The molecule has 1 aromatic heterocycles. The van der Waals surface area contributed by atoms with Crippen LogP contribution in [0.1, 0.15) is 44.1 Å². The molecule has 3 nitrogen and oxygen atoms in total. The summed E-state index contributed by atoms with van der Waals surface area (Å²) in [6, 6.07) is 3.93. The number of nitriles is 1. The van der Waals surface area contributed by atoms with Crippen LogP contribution in [0.4, 0.5) is 5.69 Å². The van der Waals surface area contributed by atoms with Gasteiger partial charge in [-0.05, 0) is 18.4 Å². The summed E-state index contributed by atoms with van der Waals surface area (Å²) in [5.74, 6) is 0.874. The number of pyridine rings is 1. The number of hydrogen-bond donors (Lipinski definition) is 1. The highest BCUT2D eigenvalue weighted by atomic mass is 14.9. The predicted molar refractivity (Wildman–Crippen MR) is 68.6 cm³/mol. The third-order valence-electron chi connectivity index (χ3n) is 3.53. The van der Waals surface area contributed by atoms with Gasteiger partial charge in [-0.15, -0.1) is 0 Å². The molecule has 0 aromatic carbocycles. The summed E-state index contributed by atoms with van der Waals surface area (Å²) in [5.41, 5.74) is 1.55. The second kappa shape index (κ2) is 6.24. The first-order valence-electron chi connectivity index (χ1n) is 6.48. The van der Waals surface area contributed by atoms with Gasteiger partial charge in [-0.3, -0.25) is 4.98 Å². The van der Waals surface area contributed by atoms with Crippen molar-refractivity contribution in [2.75, 3.05) is 11.9 Å². The molecule has 1 aliphatic rings. The molecule has 3 heteroatoms. The average molecular weight is 229 g/mol. The van der Waals surface area contributed by atoms with Gasteiger partial charge >= 0.3 is 0 Å². The molecule has 1 saturated carbocycles. The second-order valence-electron chi connectivity index (χ2n) is 4.75. The van der Waals surface area contributed by atoms with Gasteiger partial charge in [0.15, 0.2) is 0 Å². The second-order valence-corrected chi connectivity index (χ2v) is 4.75. The number of nitrogens with one attached hydrogen (secondary N) is 1. The molecule has 0 bridgehead atoms. The summed E-state index contributed by atoms with van der Waals surface area (Å²) >= 11 is 0. The molecule has 1 heterocycles. The van der Waals surface area contributed by atoms with Crippen molar-refractivity contribution >= 4 is 5.69 Å². The normalized spacial score (nSPS) is 16.4. The van der Waals surface area contributed by atoms with E-state index in [1.165, 1.54) is 38.5 Å². The molecule has 1 fully saturated rings. The van der Waals surface area contributed by atoms with E-state index in [0.717, 1.165) is 18.2 Å². The average Bonchev–Trinajstić information content (AvgIpc) is 2.40. The maximum atomic E-state index is 8.95. The van der Waals surface area contributed by atoms with Crippen molar-refractivity contribution in [3.8, 4) is 6.07 Å². The first-order valence-corrected chi connectivity index (χ1v) is 6.48. The van der Waals surface area contributed by atoms with Crippen molar-refractivity contribution in [2.24, 2.45) is 5.92 Å². The molecule has 0 aliphatic heterocycles. The number of anilines is 1. The van der Waals surface area contributed by atoms with Crippen LogP contribution in [-0.2, 0) is 0 Å². The number of hydrogen-bond acceptors (Lipinski definition) is 3. The van der Waals surface area contributed by atoms with Gasteiger partial charge < -0.3 is 5.32 Å². The number of aromatic nitrogens is 1. The Morgan fingerprint density at radius 1 is 1.35 bits per heavy atom. The molecule has 0 spiro atoms. The maximum Gasteiger partial charge on any atom is 0.101 e. The molecule has 1 N–H and O–H groups in total. The first kappa shape index (κ1) is 11.9. The summed E-state index contributed by atoms with van der Waals surface area (Å²) in [7, 11) is 0. The van der Waals surface area contributed by atoms with Gasteiger partial charge in [0.05, 0.1) is 17.4 Å². The van der Waals surface area contributed by atoms with E-state index in [1.54, 1.807) is 18.5 Å². The van der Waals surface area contributed by atoms with Gasteiger partial charge in [0, 0.05) is 12.7 Å². The largest absolute Gasteiger partial charge is 0.383 e. The topological polar surface area (TPSA) is 48.7 Å². The van der Waals surface area contributed by atoms with Crippen LogP contribution in [0.3, 0.4) is 0 Å². The van der Waals surface area contributed by atoms with Crippen LogP contribution in [0.15, 0.2) is 18.5 Å². The Morgan fingerprint density at radius 2 is 2.18 bits per heavy atom. The lowest BCUT2D eigenvalue weighted by Gasteiger charge is -2.21. The third kappa shape index (κ3) is 3.45. The summed E-state index contributed by atoms with van der Waals surface area (Å²) in [5, 5.41) is 12.3. The summed E-state index contributed by atoms with van der Waals surface area (Å²) < 4.78 is 0. The molecular weight excluding hydrogens is 210 g/mol. The minimum atomic E-state index is 0.684. The molecule has 0 atom stereocenters. The van der Waals surface area contributed by atoms with Crippen LogP contribution < -0.4 is 5.32 Å². The van der Waals surface area contributed by atoms with E-state index in [9.17, 15) is 0 Å². The lowest BCUT2D eigenvalue weighted by atomic mass is 9.87. The molecule has 0 unspecified atom stereocenters. The van der Waals surface area contributed by atoms with Crippen LogP contribution in [0.25, 0.3) is 0 Å². The number of rotatable bonds is 4. The van der Waals surface area contributed by atoms with Crippen molar-refractivity contribution in [3.63, 3.8) is 0 Å². The fraction of sp³-hybridized carbons (Fsp3) is 0.571. The van der Waals surface area contributed by atoms with Crippen molar-refractivity contribution in [1.82, 2.24) is 4.98 Å². The van der Waals surface area contributed by atoms with Gasteiger partial charge in [-0.2, -0.15) is 5.26 Å². The molecule has 2 rings (SSSR count). The Labute approximate surface area is 103 Å². The number of nitrogens with zero attached hydrogens (tertiary/aromatic N) is 2. The van der Waals surface area contributed by atoms with E-state index in [4.69, 9.17) is 5.26 Å². The van der Waals surface area contributed by atoms with E-state index in [2.05, 4.69) is 16.4 Å². The van der Waals surface area contributed by atoms with Crippen LogP contribution in [0.2, 0.25) is 0 Å². The Hall–Kier alpha value is -1.56. The Kier molecular flexibility index (Phi) is 4.37. The van der Waals surface area contributed by atoms with Gasteiger partial charge in [-0.1, -0.05) is 32.1 Å². The summed E-state index contributed by atoms with van der Waals surface area (Å²) in [6.07, 6.45) is 11.5. The predicted octanol–water partition coefficient (Wildman–Crippen LogP) is 3.34. The van der Waals surface area contributed by atoms with E-state index in [-0.39, 0.29) is 0 Å². The highest BCUT2D eigenvalue weighted by Crippen LogP contribution is 2.26. The van der Waals surface area contributed by atoms with Crippen LogP contribution in [0, 0.1) is 17.2 Å². The van der Waals surface area contributed by atoms with Crippen molar-refractivity contribution in [3.05, 3.63) is 24.0 Å². The van der Waals surface area contributed by atoms with Crippen LogP contribution in [0.5, 0.6) is 0 Å². The van der Waals surface area contributed by atoms with Crippen molar-refractivity contribution < 1.29 is 0 Å². The minimum absolute atomic E-state index is 0.684. The smallest absolute Gasteiger partial charge is 0.101 e. The van der Waals surface area contributed by atoms with Crippen molar-refractivity contribution in [2.45, 2.75) is 38.5 Å². The molecule has 0 amide bonds. The Bertz CT molecular complexity index is 389. The standard InChI is InChI=1S/C14H19N3/c15-10-13-7-8-16-11-14(13)17-9-6-12-4-2-1-3-5-12/h7-8,11-12,17H,1-6,9H2. The molecule has 0 saturated heterocycles. The molecule has 0 radical (unpaired) electrons. The minimum Gasteiger partial charge on any atom is -0.383 e. The van der Waals surface area contributed by atoms with Crippen LogP contribution >= 0.6 is 0 Å². The Balaban J connectivity index is 1.79. The Morgan fingerprint density at radius 3 is 2.94 bits per heavy atom. The fourth-order valence-corrected chi connectivity index (χ4v) is 2.52. The zero-order valence-corrected chi connectivity index (χ0v) is 10.2. The molecule has 17 heavy (non-hydrogen) atoms. The summed E-state index contributed by atoms with van der Waals surface area (Å²) in [6.45, 7) is 0.949.